The number of hydrogen-bond acceptors (Lipinski definition) is 8. The van der Waals surface area contributed by atoms with Crippen LogP contribution in [-0.4, -0.2) is 24.9 Å². The van der Waals surface area contributed by atoms with Crippen molar-refractivity contribution in [3.8, 4) is 158 Å². The van der Waals surface area contributed by atoms with Gasteiger partial charge in [-0.3, -0.25) is 4.98 Å². The summed E-state index contributed by atoms with van der Waals surface area (Å²) in [7, 11) is 0. The summed E-state index contributed by atoms with van der Waals surface area (Å²) in [5, 5.41) is 2.21. The van der Waals surface area contributed by atoms with Crippen molar-refractivity contribution in [3.63, 3.8) is 0 Å². The molecule has 113 heavy (non-hydrogen) atoms. The molecule has 526 valence electrons. The summed E-state index contributed by atoms with van der Waals surface area (Å²) in [4.78, 5) is 25.8. The Bertz CT molecular complexity index is 7000. The van der Waals surface area contributed by atoms with Crippen molar-refractivity contribution < 1.29 is 13.9 Å². The van der Waals surface area contributed by atoms with E-state index >= 15 is 0 Å². The van der Waals surface area contributed by atoms with Crippen LogP contribution in [0.25, 0.3) is 157 Å². The van der Waals surface area contributed by atoms with Crippen molar-refractivity contribution in [3.05, 3.63) is 427 Å². The number of benzene rings is 15. The van der Waals surface area contributed by atoms with E-state index in [1.54, 1.807) is 0 Å². The first-order valence-corrected chi connectivity index (χ1v) is 38.3. The van der Waals surface area contributed by atoms with Crippen molar-refractivity contribution in [2.75, 3.05) is 0 Å². The molecule has 0 saturated carbocycles. The zero-order valence-electron chi connectivity index (χ0n) is 60.8. The van der Waals surface area contributed by atoms with Crippen molar-refractivity contribution in [1.29, 1.82) is 0 Å². The first-order valence-electron chi connectivity index (χ1n) is 38.3. The molecular weight excluding hydrogens is 1380 g/mol. The van der Waals surface area contributed by atoms with Crippen LogP contribution in [-0.2, 0) is 10.8 Å². The van der Waals surface area contributed by atoms with E-state index in [1.807, 2.05) is 48.7 Å². The Balaban J connectivity index is 0.564. The third-order valence-corrected chi connectivity index (χ3v) is 23.6. The summed E-state index contributed by atoms with van der Waals surface area (Å²) in [6.45, 7) is 0. The molecule has 0 N–H and O–H groups in total. The van der Waals surface area contributed by atoms with Crippen molar-refractivity contribution in [2.45, 2.75) is 10.8 Å². The van der Waals surface area contributed by atoms with Crippen LogP contribution in [0.4, 0.5) is 0 Å². The third-order valence-electron chi connectivity index (χ3n) is 23.6. The van der Waals surface area contributed by atoms with Crippen LogP contribution in [0.3, 0.4) is 0 Å². The van der Waals surface area contributed by atoms with E-state index in [2.05, 4.69) is 334 Å². The molecule has 0 bridgehead atoms. The minimum Gasteiger partial charge on any atom is -0.457 e. The number of para-hydroxylation sites is 3. The number of pyridine rings is 1. The second-order valence-electron chi connectivity index (χ2n) is 29.6. The van der Waals surface area contributed by atoms with Gasteiger partial charge in [0.2, 0.25) is 0 Å². The molecule has 0 radical (unpaired) electrons. The summed E-state index contributed by atoms with van der Waals surface area (Å²) in [5.41, 5.74) is 32.0. The number of fused-ring (bicyclic) bond motifs is 21. The van der Waals surface area contributed by atoms with E-state index in [4.69, 9.17) is 38.8 Å². The normalized spacial score (nSPS) is 13.2. The zero-order chi connectivity index (χ0) is 74.3. The minimum absolute atomic E-state index is 0.528. The van der Waals surface area contributed by atoms with Gasteiger partial charge in [-0.1, -0.05) is 322 Å². The Morgan fingerprint density at radius 2 is 0.558 bits per heavy atom. The Hall–Kier alpha value is -15.0. The molecule has 19 aromatic rings. The Morgan fingerprint density at radius 1 is 0.204 bits per heavy atom. The number of furan rings is 1. The minimum atomic E-state index is -0.663. The fraction of sp³-hybridized carbons (Fsp3) is 0.0190. The molecule has 23 rings (SSSR count). The predicted molar refractivity (Wildman–Crippen MR) is 452 cm³/mol. The quantitative estimate of drug-likeness (QED) is 0.134. The summed E-state index contributed by atoms with van der Waals surface area (Å²) in [6, 6.07) is 134. The van der Waals surface area contributed by atoms with Gasteiger partial charge < -0.3 is 13.9 Å². The maximum atomic E-state index is 7.34. The summed E-state index contributed by atoms with van der Waals surface area (Å²) < 4.78 is 20.7. The van der Waals surface area contributed by atoms with Crippen LogP contribution in [0.2, 0.25) is 0 Å². The standard InChI is InChI=1S/C105H63N5O3/c1-2-19-68(20-3-1)92-62-93(70-46-42-67(43-47-70)76-26-18-27-82-81-25-8-14-34-96(81)113-101(76)82)108-102(107-92)71-48-38-66(39-49-71)75-54-57-90-100(61-75)112-99-60-74(53-56-89(99)105(90)85-30-11-6-23-79(85)80-24-7-12-31-86(80)105)64-36-44-69(45-37-64)94-63-95(91-33-16-17-58-106-91)110-103(109-94)72-50-40-65(41-51-72)73-52-55-88-98(59-73)111-97-35-15-13-32-87(97)104(88)83-28-9-4-21-77(83)78-22-5-10-29-84(78)104/h1-63H. The van der Waals surface area contributed by atoms with Crippen LogP contribution in [0.5, 0.6) is 23.0 Å². The molecule has 4 aliphatic rings. The van der Waals surface area contributed by atoms with Crippen LogP contribution in [0, 0.1) is 0 Å². The van der Waals surface area contributed by atoms with E-state index in [0.717, 1.165) is 168 Å². The molecule has 4 aromatic heterocycles. The van der Waals surface area contributed by atoms with Gasteiger partial charge >= 0.3 is 0 Å². The molecule has 0 fully saturated rings. The van der Waals surface area contributed by atoms with Gasteiger partial charge in [0.1, 0.15) is 34.2 Å². The van der Waals surface area contributed by atoms with Gasteiger partial charge in [-0.25, -0.2) is 19.9 Å². The van der Waals surface area contributed by atoms with Crippen LogP contribution in [0.15, 0.2) is 387 Å². The van der Waals surface area contributed by atoms with Crippen molar-refractivity contribution >= 4 is 21.9 Å². The first-order chi connectivity index (χ1) is 55.9. The Morgan fingerprint density at radius 3 is 1.05 bits per heavy atom. The largest absolute Gasteiger partial charge is 0.457 e. The molecule has 8 nitrogen and oxygen atoms in total. The van der Waals surface area contributed by atoms with Gasteiger partial charge in [-0.15, -0.1) is 0 Å². The van der Waals surface area contributed by atoms with E-state index in [9.17, 15) is 0 Å². The van der Waals surface area contributed by atoms with E-state index < -0.39 is 10.8 Å². The second kappa shape index (κ2) is 25.3. The van der Waals surface area contributed by atoms with E-state index in [-0.39, 0.29) is 0 Å². The number of hydrogen-bond donors (Lipinski definition) is 0. The molecule has 2 aliphatic carbocycles. The molecule has 2 spiro atoms. The van der Waals surface area contributed by atoms with E-state index in [0.29, 0.717) is 11.6 Å². The van der Waals surface area contributed by atoms with Crippen molar-refractivity contribution in [2.24, 2.45) is 0 Å². The van der Waals surface area contributed by atoms with Gasteiger partial charge in [0.15, 0.2) is 11.6 Å². The van der Waals surface area contributed by atoms with Crippen LogP contribution >= 0.6 is 0 Å². The lowest BCUT2D eigenvalue weighted by molar-refractivity contribution is 0.436. The van der Waals surface area contributed by atoms with Gasteiger partial charge in [-0.05, 0) is 138 Å². The number of nitrogens with zero attached hydrogens (tertiary/aromatic N) is 5. The lowest BCUT2D eigenvalue weighted by Crippen LogP contribution is -2.32. The third kappa shape index (κ3) is 9.99. The lowest BCUT2D eigenvalue weighted by Gasteiger charge is -2.39. The molecule has 6 heterocycles. The van der Waals surface area contributed by atoms with Gasteiger partial charge in [0, 0.05) is 72.6 Å². The molecule has 8 heteroatoms. The Labute approximate surface area is 652 Å². The smallest absolute Gasteiger partial charge is 0.160 e. The molecule has 2 aliphatic heterocycles. The molecule has 15 aromatic carbocycles. The molecule has 0 saturated heterocycles. The highest BCUT2D eigenvalue weighted by Crippen LogP contribution is 2.65. The maximum absolute atomic E-state index is 7.34. The zero-order valence-corrected chi connectivity index (χ0v) is 60.8. The molecule has 0 unspecified atom stereocenters. The highest BCUT2D eigenvalue weighted by molar-refractivity contribution is 6.09. The summed E-state index contributed by atoms with van der Waals surface area (Å²) >= 11 is 0. The second-order valence-corrected chi connectivity index (χ2v) is 29.6. The fourth-order valence-corrected chi connectivity index (χ4v) is 18.4. The van der Waals surface area contributed by atoms with Gasteiger partial charge in [0.05, 0.1) is 39.3 Å². The number of aromatic nitrogens is 5. The highest BCUT2D eigenvalue weighted by atomic mass is 16.5. The van der Waals surface area contributed by atoms with Crippen LogP contribution in [0.1, 0.15) is 44.5 Å². The summed E-state index contributed by atoms with van der Waals surface area (Å²) in [6.07, 6.45) is 1.81. The van der Waals surface area contributed by atoms with E-state index in [1.165, 1.54) is 44.5 Å². The maximum Gasteiger partial charge on any atom is 0.160 e. The molecule has 0 atom stereocenters. The van der Waals surface area contributed by atoms with Gasteiger partial charge in [0.25, 0.3) is 0 Å². The number of ether oxygens (including phenoxy) is 2. The lowest BCUT2D eigenvalue weighted by atomic mass is 9.65. The average Bonchev–Trinajstić information content (AvgIpc) is 1.55. The monoisotopic (exact) mass is 1440 g/mol. The highest BCUT2D eigenvalue weighted by Gasteiger charge is 2.53. The SMILES string of the molecule is c1ccc(-c2cc(-c3ccc(-c4cccc5c4oc4ccccc45)cc3)nc(-c3ccc(-c4ccc5c(c4)Oc4cc(-c6ccc(-c7cc(-c8ccccn8)nc(-c8ccc(-c9ccc%10c(c9)Oc9ccccc9C%109c%10ccccc%10-c%10ccccc%109)cc8)n7)cc6)ccc4C54c5ccccc5-c5ccccc54)cc3)n2)cc1. The van der Waals surface area contributed by atoms with Crippen molar-refractivity contribution in [1.82, 2.24) is 24.9 Å². The first kappa shape index (κ1) is 64.0. The number of rotatable bonds is 10. The molecule has 0 amide bonds. The predicted octanol–water partition coefficient (Wildman–Crippen LogP) is 26.2. The summed E-state index contributed by atoms with van der Waals surface area (Å²) in [5.74, 6) is 4.55. The fourth-order valence-electron chi connectivity index (χ4n) is 18.4. The van der Waals surface area contributed by atoms with Crippen LogP contribution < -0.4 is 9.47 Å². The average molecular weight is 1440 g/mol. The molecular formula is C105H63N5O3. The topological polar surface area (TPSA) is 96.1 Å². The Kier molecular flexibility index (Phi) is 14.3. The van der Waals surface area contributed by atoms with Gasteiger partial charge in [-0.2, -0.15) is 0 Å².